The highest BCUT2D eigenvalue weighted by Gasteiger charge is 2.18. The zero-order chi connectivity index (χ0) is 22.7. The summed E-state index contributed by atoms with van der Waals surface area (Å²) in [5.74, 6) is -0.130. The van der Waals surface area contributed by atoms with Crippen LogP contribution in [-0.2, 0) is 6.54 Å². The number of aromatic nitrogens is 3. The van der Waals surface area contributed by atoms with Gasteiger partial charge in [0.2, 0.25) is 0 Å². The van der Waals surface area contributed by atoms with E-state index in [-0.39, 0.29) is 11.8 Å². The first-order valence-electron chi connectivity index (χ1n) is 10.00. The zero-order valence-electron chi connectivity index (χ0n) is 17.5. The summed E-state index contributed by atoms with van der Waals surface area (Å²) < 4.78 is 1.85. The van der Waals surface area contributed by atoms with Gasteiger partial charge in [-0.25, -0.2) is 0 Å². The minimum absolute atomic E-state index is 0.00541. The van der Waals surface area contributed by atoms with Crippen molar-refractivity contribution in [1.29, 1.82) is 5.26 Å². The smallest absolute Gasteiger partial charge is 0.265 e. The van der Waals surface area contributed by atoms with Gasteiger partial charge in [0.25, 0.3) is 5.91 Å². The van der Waals surface area contributed by atoms with Gasteiger partial charge < -0.3 is 5.32 Å². The van der Waals surface area contributed by atoms with Crippen molar-refractivity contribution >= 4 is 34.5 Å². The number of amides is 1. The lowest BCUT2D eigenvalue weighted by Crippen LogP contribution is -2.16. The Bertz CT molecular complexity index is 1310. The molecule has 3 heterocycles. The molecule has 8 heteroatoms. The van der Waals surface area contributed by atoms with Crippen LogP contribution in [0.5, 0.6) is 0 Å². The molecule has 0 spiro atoms. The van der Waals surface area contributed by atoms with Gasteiger partial charge in [0.15, 0.2) is 0 Å². The topological polar surface area (TPSA) is 83.6 Å². The van der Waals surface area contributed by atoms with Crippen molar-refractivity contribution < 1.29 is 4.79 Å². The predicted molar refractivity (Wildman–Crippen MR) is 127 cm³/mol. The number of nitrogens with one attached hydrogen (secondary N) is 1. The van der Waals surface area contributed by atoms with Crippen LogP contribution in [0.4, 0.5) is 5.69 Å². The van der Waals surface area contributed by atoms with E-state index in [0.29, 0.717) is 22.0 Å². The molecule has 0 aliphatic carbocycles. The number of thiophene rings is 1. The number of anilines is 1. The average Bonchev–Trinajstić information content (AvgIpc) is 3.47. The molecule has 3 aromatic heterocycles. The number of benzene rings is 1. The summed E-state index contributed by atoms with van der Waals surface area (Å²) in [4.78, 5) is 17.8. The summed E-state index contributed by atoms with van der Waals surface area (Å²) >= 11 is 7.57. The fourth-order valence-electron chi connectivity index (χ4n) is 3.45. The normalized spacial score (nSPS) is 11.7. The molecule has 160 valence electrons. The molecule has 1 unspecified atom stereocenters. The maximum absolute atomic E-state index is 12.6. The van der Waals surface area contributed by atoms with Crippen LogP contribution in [0.1, 0.15) is 39.3 Å². The third-order valence-corrected chi connectivity index (χ3v) is 6.31. The van der Waals surface area contributed by atoms with Crippen LogP contribution in [0.3, 0.4) is 0 Å². The third-order valence-electron chi connectivity index (χ3n) is 5.13. The van der Waals surface area contributed by atoms with E-state index >= 15 is 0 Å². The van der Waals surface area contributed by atoms with Crippen molar-refractivity contribution in [3.8, 4) is 17.3 Å². The Balaban J connectivity index is 1.54. The van der Waals surface area contributed by atoms with Gasteiger partial charge in [0.05, 0.1) is 32.5 Å². The maximum Gasteiger partial charge on any atom is 0.265 e. The molecular formula is C24H20ClN5OS. The predicted octanol–water partition coefficient (Wildman–Crippen LogP) is 5.90. The summed E-state index contributed by atoms with van der Waals surface area (Å²) in [6.07, 6.45) is 3.66. The van der Waals surface area contributed by atoms with Gasteiger partial charge in [-0.05, 0) is 48.2 Å². The van der Waals surface area contributed by atoms with Gasteiger partial charge in [0, 0.05) is 30.4 Å². The van der Waals surface area contributed by atoms with Crippen molar-refractivity contribution in [3.05, 3.63) is 87.0 Å². The molecular weight excluding hydrogens is 442 g/mol. The van der Waals surface area contributed by atoms with Crippen molar-refractivity contribution in [2.24, 2.45) is 0 Å². The van der Waals surface area contributed by atoms with Crippen molar-refractivity contribution in [3.63, 3.8) is 0 Å². The second kappa shape index (κ2) is 9.35. The number of nitriles is 1. The number of aryl methyl sites for hydroxylation is 1. The minimum Gasteiger partial charge on any atom is -0.319 e. The number of carbonyl (C=O) groups excluding carboxylic acids is 1. The first-order chi connectivity index (χ1) is 15.5. The van der Waals surface area contributed by atoms with Crippen LogP contribution in [0.2, 0.25) is 5.02 Å². The maximum atomic E-state index is 12.6. The SMILES string of the molecule is Cc1ccnc(C(C)Cn2ccc(-c3ccc(C#N)c(Cl)c3)n2)c1NC(=O)c1cccs1. The molecule has 0 radical (unpaired) electrons. The zero-order valence-corrected chi connectivity index (χ0v) is 19.1. The fourth-order valence-corrected chi connectivity index (χ4v) is 4.29. The Morgan fingerprint density at radius 1 is 1.31 bits per heavy atom. The number of hydrogen-bond acceptors (Lipinski definition) is 5. The number of hydrogen-bond donors (Lipinski definition) is 1. The molecule has 1 amide bonds. The molecule has 32 heavy (non-hydrogen) atoms. The number of nitrogens with zero attached hydrogens (tertiary/aromatic N) is 4. The summed E-state index contributed by atoms with van der Waals surface area (Å²) in [5, 5.41) is 19.0. The van der Waals surface area contributed by atoms with Crippen molar-refractivity contribution in [2.75, 3.05) is 5.32 Å². The standard InChI is InChI=1S/C24H20ClN5OS/c1-15-7-9-27-22(23(15)28-24(31)21-4-3-11-32-21)16(2)14-30-10-8-20(29-30)17-5-6-18(13-26)19(25)12-17/h3-12,16H,14H2,1-2H3,(H,28,31). The lowest BCUT2D eigenvalue weighted by atomic mass is 10.0. The van der Waals surface area contributed by atoms with E-state index in [1.165, 1.54) is 11.3 Å². The highest BCUT2D eigenvalue weighted by Crippen LogP contribution is 2.29. The lowest BCUT2D eigenvalue weighted by molar-refractivity contribution is 0.103. The van der Waals surface area contributed by atoms with Gasteiger partial charge in [-0.15, -0.1) is 11.3 Å². The van der Waals surface area contributed by atoms with E-state index in [0.717, 1.165) is 28.2 Å². The summed E-state index contributed by atoms with van der Waals surface area (Å²) in [6.45, 7) is 4.60. The quantitative estimate of drug-likeness (QED) is 0.387. The van der Waals surface area contributed by atoms with Crippen LogP contribution in [0.15, 0.2) is 60.2 Å². The molecule has 1 N–H and O–H groups in total. The lowest BCUT2D eigenvalue weighted by Gasteiger charge is -2.18. The molecule has 1 aromatic carbocycles. The molecule has 0 bridgehead atoms. The van der Waals surface area contributed by atoms with E-state index in [2.05, 4.69) is 28.4 Å². The van der Waals surface area contributed by atoms with Gasteiger partial charge in [-0.3, -0.25) is 14.5 Å². The Kier molecular flexibility index (Phi) is 6.35. The molecule has 6 nitrogen and oxygen atoms in total. The van der Waals surface area contributed by atoms with Crippen LogP contribution in [0, 0.1) is 18.3 Å². The number of rotatable bonds is 6. The van der Waals surface area contributed by atoms with Crippen molar-refractivity contribution in [2.45, 2.75) is 26.3 Å². The minimum atomic E-state index is -0.136. The monoisotopic (exact) mass is 461 g/mol. The van der Waals surface area contributed by atoms with E-state index in [9.17, 15) is 4.79 Å². The van der Waals surface area contributed by atoms with Crippen LogP contribution >= 0.6 is 22.9 Å². The molecule has 0 saturated carbocycles. The van der Waals surface area contributed by atoms with Crippen molar-refractivity contribution in [1.82, 2.24) is 14.8 Å². The van der Waals surface area contributed by atoms with Crippen LogP contribution in [0.25, 0.3) is 11.3 Å². The second-order valence-electron chi connectivity index (χ2n) is 7.45. The Labute approximate surface area is 195 Å². The molecule has 0 aliphatic heterocycles. The Morgan fingerprint density at radius 3 is 2.88 bits per heavy atom. The average molecular weight is 462 g/mol. The van der Waals surface area contributed by atoms with Crippen LogP contribution in [-0.4, -0.2) is 20.7 Å². The molecule has 0 fully saturated rings. The van der Waals surface area contributed by atoms with Gasteiger partial charge in [0.1, 0.15) is 6.07 Å². The number of carbonyl (C=O) groups is 1. The highest BCUT2D eigenvalue weighted by molar-refractivity contribution is 7.12. The number of halogens is 1. The van der Waals surface area contributed by atoms with E-state index in [1.807, 2.05) is 47.4 Å². The molecule has 4 aromatic rings. The van der Waals surface area contributed by atoms with Gasteiger partial charge in [-0.1, -0.05) is 30.7 Å². The van der Waals surface area contributed by atoms with E-state index in [4.69, 9.17) is 16.9 Å². The Morgan fingerprint density at radius 2 is 2.16 bits per heavy atom. The molecule has 4 rings (SSSR count). The van der Waals surface area contributed by atoms with Crippen LogP contribution < -0.4 is 5.32 Å². The first-order valence-corrected chi connectivity index (χ1v) is 11.3. The van der Waals surface area contributed by atoms with Gasteiger partial charge in [-0.2, -0.15) is 10.4 Å². The summed E-state index contributed by atoms with van der Waals surface area (Å²) in [5.41, 5.74) is 4.56. The molecule has 0 saturated heterocycles. The third kappa shape index (κ3) is 4.57. The Hall–Kier alpha value is -3.47. The second-order valence-corrected chi connectivity index (χ2v) is 8.80. The van der Waals surface area contributed by atoms with E-state index < -0.39 is 0 Å². The first kappa shape index (κ1) is 21.8. The van der Waals surface area contributed by atoms with Gasteiger partial charge >= 0.3 is 0 Å². The summed E-state index contributed by atoms with van der Waals surface area (Å²) in [7, 11) is 0. The largest absolute Gasteiger partial charge is 0.319 e. The van der Waals surface area contributed by atoms with E-state index in [1.54, 1.807) is 24.4 Å². The number of pyridine rings is 1. The molecule has 1 atom stereocenters. The fraction of sp³-hybridized carbons (Fsp3) is 0.167. The molecule has 0 aliphatic rings. The summed E-state index contributed by atoms with van der Waals surface area (Å²) in [6, 6.07) is 14.8. The highest BCUT2D eigenvalue weighted by atomic mass is 35.5.